The van der Waals surface area contributed by atoms with Gasteiger partial charge in [0.15, 0.2) is 0 Å². The maximum absolute atomic E-state index is 12.6. The summed E-state index contributed by atoms with van der Waals surface area (Å²) in [5.74, 6) is -1.19. The molecule has 0 aliphatic carbocycles. The molecule has 0 aliphatic rings. The molecule has 1 aromatic heterocycles. The van der Waals surface area contributed by atoms with Crippen LogP contribution in [0.2, 0.25) is 0 Å². The number of nitrogens with zero attached hydrogens (tertiary/aromatic N) is 3. The molecule has 0 spiro atoms. The van der Waals surface area contributed by atoms with E-state index >= 15 is 0 Å². The zero-order chi connectivity index (χ0) is 23.3. The zero-order valence-electron chi connectivity index (χ0n) is 16.3. The van der Waals surface area contributed by atoms with E-state index in [1.54, 1.807) is 0 Å². The van der Waals surface area contributed by atoms with Gasteiger partial charge in [-0.05, 0) is 36.4 Å². The zero-order valence-corrected chi connectivity index (χ0v) is 16.3. The van der Waals surface area contributed by atoms with Crippen molar-refractivity contribution in [2.75, 3.05) is 13.1 Å². The number of nitrogens with one attached hydrogen (secondary N) is 2. The first-order chi connectivity index (χ1) is 15.2. The summed E-state index contributed by atoms with van der Waals surface area (Å²) < 4.78 is 39.1. The van der Waals surface area contributed by atoms with Crippen LogP contribution in [-0.2, 0) is 6.18 Å². The van der Waals surface area contributed by atoms with E-state index in [-0.39, 0.29) is 35.6 Å². The first-order valence-corrected chi connectivity index (χ1v) is 9.17. The van der Waals surface area contributed by atoms with Crippen molar-refractivity contribution in [1.29, 1.82) is 0 Å². The molecule has 3 aromatic rings. The van der Waals surface area contributed by atoms with E-state index in [4.69, 9.17) is 0 Å². The van der Waals surface area contributed by atoms with Crippen molar-refractivity contribution in [3.63, 3.8) is 0 Å². The van der Waals surface area contributed by atoms with Gasteiger partial charge in [0, 0.05) is 42.7 Å². The molecule has 0 radical (unpaired) electrons. The average Bonchev–Trinajstić information content (AvgIpc) is 3.30. The van der Waals surface area contributed by atoms with Crippen molar-refractivity contribution in [2.45, 2.75) is 6.18 Å². The Hall–Kier alpha value is -4.22. The number of halogens is 3. The van der Waals surface area contributed by atoms with Crippen molar-refractivity contribution in [1.82, 2.24) is 20.2 Å². The van der Waals surface area contributed by atoms with Gasteiger partial charge in [-0.15, -0.1) is 0 Å². The molecule has 2 N–H and O–H groups in total. The van der Waals surface area contributed by atoms with Crippen molar-refractivity contribution in [3.05, 3.63) is 88.0 Å². The van der Waals surface area contributed by atoms with E-state index in [0.29, 0.717) is 0 Å². The number of amides is 2. The van der Waals surface area contributed by atoms with Crippen LogP contribution in [0.4, 0.5) is 18.9 Å². The van der Waals surface area contributed by atoms with E-state index in [1.165, 1.54) is 35.4 Å². The third kappa shape index (κ3) is 5.28. The molecule has 0 unspecified atom stereocenters. The van der Waals surface area contributed by atoms with Gasteiger partial charge in [-0.25, -0.2) is 4.98 Å². The van der Waals surface area contributed by atoms with Gasteiger partial charge in [0.25, 0.3) is 17.5 Å². The Morgan fingerprint density at radius 3 is 2.12 bits per heavy atom. The van der Waals surface area contributed by atoms with Crippen LogP contribution in [0.15, 0.2) is 61.2 Å². The fourth-order valence-electron chi connectivity index (χ4n) is 2.80. The summed E-state index contributed by atoms with van der Waals surface area (Å²) in [5, 5.41) is 16.3. The number of carbonyl (C=O) groups excluding carboxylic acids is 2. The number of rotatable bonds is 7. The smallest absolute Gasteiger partial charge is 0.350 e. The summed E-state index contributed by atoms with van der Waals surface area (Å²) in [6.07, 6.45) is -0.114. The number of benzene rings is 2. The van der Waals surface area contributed by atoms with Crippen molar-refractivity contribution >= 4 is 17.5 Å². The van der Waals surface area contributed by atoms with E-state index in [0.717, 1.165) is 30.3 Å². The third-order valence-corrected chi connectivity index (χ3v) is 4.39. The normalized spacial score (nSPS) is 11.1. The van der Waals surface area contributed by atoms with E-state index in [9.17, 15) is 32.9 Å². The highest BCUT2D eigenvalue weighted by atomic mass is 19.4. The molecule has 0 saturated carbocycles. The molecule has 12 heteroatoms. The summed E-state index contributed by atoms with van der Waals surface area (Å²) in [6.45, 7) is 0.00306. The minimum Gasteiger partial charge on any atom is -0.350 e. The molecule has 2 aromatic carbocycles. The van der Waals surface area contributed by atoms with Crippen LogP contribution >= 0.6 is 0 Å². The van der Waals surface area contributed by atoms with Crippen LogP contribution in [-0.4, -0.2) is 39.4 Å². The highest BCUT2D eigenvalue weighted by Crippen LogP contribution is 2.29. The molecule has 0 aliphatic heterocycles. The number of hydrogen-bond donors (Lipinski definition) is 2. The molecule has 166 valence electrons. The number of hydrogen-bond acceptors (Lipinski definition) is 5. The van der Waals surface area contributed by atoms with Crippen LogP contribution in [0, 0.1) is 10.1 Å². The number of aromatic nitrogens is 2. The molecule has 9 nitrogen and oxygen atoms in total. The van der Waals surface area contributed by atoms with Gasteiger partial charge in [0.05, 0.1) is 16.8 Å². The van der Waals surface area contributed by atoms with Crippen LogP contribution in [0.1, 0.15) is 26.3 Å². The van der Waals surface area contributed by atoms with Gasteiger partial charge >= 0.3 is 6.18 Å². The molecule has 0 fully saturated rings. The quantitative estimate of drug-likeness (QED) is 0.328. The standard InChI is InChI=1S/C20H16F3N5O4/c21-20(22,23)15-4-1-13(2-5-15)18(29)25-7-8-26-19(30)14-3-6-16(17(11-14)28(31)32)27-10-9-24-12-27/h1-6,9-12H,7-8H2,(H,25,29)(H,26,30). The summed E-state index contributed by atoms with van der Waals surface area (Å²) in [6, 6.07) is 7.68. The minimum atomic E-state index is -4.49. The molecule has 2 amide bonds. The molecule has 0 bridgehead atoms. The highest BCUT2D eigenvalue weighted by Gasteiger charge is 2.30. The van der Waals surface area contributed by atoms with Gasteiger partial charge in [0.1, 0.15) is 5.69 Å². The molecular formula is C20H16F3N5O4. The number of carbonyl (C=O) groups is 2. The second-order valence-electron chi connectivity index (χ2n) is 6.52. The third-order valence-electron chi connectivity index (χ3n) is 4.39. The van der Waals surface area contributed by atoms with E-state index < -0.39 is 28.5 Å². The minimum absolute atomic E-state index is 0.000803. The fourth-order valence-corrected chi connectivity index (χ4v) is 2.80. The molecular weight excluding hydrogens is 431 g/mol. The number of nitro benzene ring substituents is 1. The predicted molar refractivity (Wildman–Crippen MR) is 106 cm³/mol. The first-order valence-electron chi connectivity index (χ1n) is 9.17. The second kappa shape index (κ2) is 9.29. The van der Waals surface area contributed by atoms with Crippen LogP contribution in [0.3, 0.4) is 0 Å². The van der Waals surface area contributed by atoms with Crippen molar-refractivity contribution < 1.29 is 27.7 Å². The summed E-state index contributed by atoms with van der Waals surface area (Å²) in [4.78, 5) is 38.9. The monoisotopic (exact) mass is 447 g/mol. The Kier molecular flexibility index (Phi) is 6.52. The Labute approximate surface area is 179 Å². The Bertz CT molecular complexity index is 1130. The number of nitro groups is 1. The van der Waals surface area contributed by atoms with Gasteiger partial charge in [-0.1, -0.05) is 0 Å². The lowest BCUT2D eigenvalue weighted by molar-refractivity contribution is -0.384. The Balaban J connectivity index is 1.55. The summed E-state index contributed by atoms with van der Waals surface area (Å²) in [7, 11) is 0. The van der Waals surface area contributed by atoms with Crippen LogP contribution in [0.5, 0.6) is 0 Å². The van der Waals surface area contributed by atoms with E-state index in [1.807, 2.05) is 0 Å². The van der Waals surface area contributed by atoms with Gasteiger partial charge < -0.3 is 15.2 Å². The van der Waals surface area contributed by atoms with Gasteiger partial charge in [-0.2, -0.15) is 13.2 Å². The second-order valence-corrected chi connectivity index (χ2v) is 6.52. The van der Waals surface area contributed by atoms with E-state index in [2.05, 4.69) is 15.6 Å². The first kappa shape index (κ1) is 22.5. The maximum atomic E-state index is 12.6. The summed E-state index contributed by atoms with van der Waals surface area (Å²) >= 11 is 0. The lowest BCUT2D eigenvalue weighted by Gasteiger charge is -2.10. The SMILES string of the molecule is O=C(NCCNC(=O)c1ccc(-n2ccnc2)c([N+](=O)[O-])c1)c1ccc(C(F)(F)F)cc1. The molecule has 0 saturated heterocycles. The average molecular weight is 447 g/mol. The predicted octanol–water partition coefficient (Wildman–Crippen LogP) is 2.96. The van der Waals surface area contributed by atoms with Crippen LogP contribution < -0.4 is 10.6 Å². The van der Waals surface area contributed by atoms with Crippen molar-refractivity contribution in [2.24, 2.45) is 0 Å². The topological polar surface area (TPSA) is 119 Å². The Morgan fingerprint density at radius 1 is 1.00 bits per heavy atom. The van der Waals surface area contributed by atoms with Crippen LogP contribution in [0.25, 0.3) is 5.69 Å². The van der Waals surface area contributed by atoms with Crippen molar-refractivity contribution in [3.8, 4) is 5.69 Å². The largest absolute Gasteiger partial charge is 0.416 e. The van der Waals surface area contributed by atoms with Gasteiger partial charge in [0.2, 0.25) is 0 Å². The number of alkyl halides is 3. The lowest BCUT2D eigenvalue weighted by atomic mass is 10.1. The molecule has 0 atom stereocenters. The highest BCUT2D eigenvalue weighted by molar-refractivity contribution is 5.96. The number of imidazole rings is 1. The molecule has 1 heterocycles. The maximum Gasteiger partial charge on any atom is 0.416 e. The fraction of sp³-hybridized carbons (Fsp3) is 0.150. The molecule has 3 rings (SSSR count). The Morgan fingerprint density at radius 2 is 1.59 bits per heavy atom. The molecule has 32 heavy (non-hydrogen) atoms. The van der Waals surface area contributed by atoms with Gasteiger partial charge in [-0.3, -0.25) is 19.7 Å². The lowest BCUT2D eigenvalue weighted by Crippen LogP contribution is -2.34. The summed E-state index contributed by atoms with van der Waals surface area (Å²) in [5.41, 5.74) is -0.821.